The summed E-state index contributed by atoms with van der Waals surface area (Å²) >= 11 is 0. The maximum absolute atomic E-state index is 11.9. The first-order valence-corrected chi connectivity index (χ1v) is 8.68. The fraction of sp³-hybridized carbons (Fsp3) is 0.824. The first-order valence-electron chi connectivity index (χ1n) is 8.68. The van der Waals surface area contributed by atoms with E-state index in [4.69, 9.17) is 10.2 Å². The van der Waals surface area contributed by atoms with Crippen LogP contribution < -0.4 is 5.32 Å². The number of carbonyl (C=O) groups excluding carboxylic acids is 1. The SMILES string of the molecule is CCCCCCCCCCC(CCC(=O)O)C(=O)NCC(=O)O. The Morgan fingerprint density at radius 1 is 0.826 bits per heavy atom. The number of amides is 1. The lowest BCUT2D eigenvalue weighted by Crippen LogP contribution is -2.34. The molecule has 0 heterocycles. The summed E-state index contributed by atoms with van der Waals surface area (Å²) in [6, 6.07) is 0. The van der Waals surface area contributed by atoms with Crippen LogP contribution in [0.25, 0.3) is 0 Å². The van der Waals surface area contributed by atoms with Gasteiger partial charge in [0.15, 0.2) is 0 Å². The first-order chi connectivity index (χ1) is 11.0. The highest BCUT2D eigenvalue weighted by Crippen LogP contribution is 2.17. The van der Waals surface area contributed by atoms with Crippen molar-refractivity contribution in [1.82, 2.24) is 5.32 Å². The number of carbonyl (C=O) groups is 3. The van der Waals surface area contributed by atoms with E-state index in [-0.39, 0.29) is 18.7 Å². The Balaban J connectivity index is 3.98. The van der Waals surface area contributed by atoms with E-state index in [2.05, 4.69) is 12.2 Å². The van der Waals surface area contributed by atoms with Crippen molar-refractivity contribution >= 4 is 17.8 Å². The first kappa shape index (κ1) is 21.4. The molecule has 0 spiro atoms. The molecule has 0 aliphatic heterocycles. The van der Waals surface area contributed by atoms with Crippen LogP contribution in [0.1, 0.15) is 77.6 Å². The van der Waals surface area contributed by atoms with Crippen molar-refractivity contribution in [1.29, 1.82) is 0 Å². The molecule has 0 aromatic rings. The van der Waals surface area contributed by atoms with Gasteiger partial charge >= 0.3 is 11.9 Å². The number of unbranched alkanes of at least 4 members (excludes halogenated alkanes) is 7. The van der Waals surface area contributed by atoms with Gasteiger partial charge in [-0.25, -0.2) is 0 Å². The van der Waals surface area contributed by atoms with Gasteiger partial charge in [-0.2, -0.15) is 0 Å². The molecule has 0 aromatic carbocycles. The van der Waals surface area contributed by atoms with Gasteiger partial charge in [0.05, 0.1) is 0 Å². The molecule has 1 amide bonds. The van der Waals surface area contributed by atoms with Crippen LogP contribution in [0.3, 0.4) is 0 Å². The average Bonchev–Trinajstić information content (AvgIpc) is 2.50. The Morgan fingerprint density at radius 3 is 1.91 bits per heavy atom. The number of carboxylic acid groups (broad SMARTS) is 2. The molecule has 0 aliphatic carbocycles. The zero-order valence-electron chi connectivity index (χ0n) is 14.2. The van der Waals surface area contributed by atoms with Crippen LogP contribution in [-0.2, 0) is 14.4 Å². The maximum Gasteiger partial charge on any atom is 0.322 e. The second-order valence-electron chi connectivity index (χ2n) is 6.00. The molecule has 3 N–H and O–H groups in total. The molecular formula is C17H31NO5. The Hall–Kier alpha value is -1.59. The zero-order chi connectivity index (χ0) is 17.5. The predicted octanol–water partition coefficient (Wildman–Crippen LogP) is 3.20. The van der Waals surface area contributed by atoms with Crippen LogP contribution in [-0.4, -0.2) is 34.6 Å². The minimum absolute atomic E-state index is 0.0673. The lowest BCUT2D eigenvalue weighted by atomic mass is 9.94. The summed E-state index contributed by atoms with van der Waals surface area (Å²) in [7, 11) is 0. The molecule has 0 radical (unpaired) electrons. The monoisotopic (exact) mass is 329 g/mol. The van der Waals surface area contributed by atoms with Crippen molar-refractivity contribution < 1.29 is 24.6 Å². The number of nitrogens with one attached hydrogen (secondary N) is 1. The van der Waals surface area contributed by atoms with Crippen molar-refractivity contribution in [2.75, 3.05) is 6.54 Å². The Bertz CT molecular complexity index is 357. The van der Waals surface area contributed by atoms with Crippen LogP contribution in [0.5, 0.6) is 0 Å². The van der Waals surface area contributed by atoms with E-state index in [1.54, 1.807) is 0 Å². The van der Waals surface area contributed by atoms with Crippen molar-refractivity contribution in [3.8, 4) is 0 Å². The molecule has 0 bridgehead atoms. The number of hydrogen-bond acceptors (Lipinski definition) is 3. The molecule has 1 unspecified atom stereocenters. The lowest BCUT2D eigenvalue weighted by Gasteiger charge is -2.15. The molecule has 0 aliphatic rings. The summed E-state index contributed by atoms with van der Waals surface area (Å²) in [5.74, 6) is -2.79. The van der Waals surface area contributed by atoms with E-state index in [1.807, 2.05) is 0 Å². The van der Waals surface area contributed by atoms with Gasteiger partial charge in [0.25, 0.3) is 0 Å². The summed E-state index contributed by atoms with van der Waals surface area (Å²) in [5, 5.41) is 19.7. The molecule has 0 fully saturated rings. The molecule has 23 heavy (non-hydrogen) atoms. The van der Waals surface area contributed by atoms with Crippen molar-refractivity contribution in [2.24, 2.45) is 5.92 Å². The molecule has 134 valence electrons. The van der Waals surface area contributed by atoms with Crippen molar-refractivity contribution in [3.05, 3.63) is 0 Å². The van der Waals surface area contributed by atoms with Gasteiger partial charge in [-0.05, 0) is 12.8 Å². The molecule has 0 saturated carbocycles. The third kappa shape index (κ3) is 13.8. The second-order valence-corrected chi connectivity index (χ2v) is 6.00. The number of aliphatic carboxylic acids is 2. The standard InChI is InChI=1S/C17H31NO5/c1-2-3-4-5-6-7-8-9-10-14(11-12-15(19)20)17(23)18-13-16(21)22/h14H,2-13H2,1H3,(H,18,23)(H,19,20)(H,21,22). The van der Waals surface area contributed by atoms with E-state index in [0.717, 1.165) is 19.3 Å². The van der Waals surface area contributed by atoms with E-state index in [1.165, 1.54) is 32.1 Å². The van der Waals surface area contributed by atoms with E-state index >= 15 is 0 Å². The highest BCUT2D eigenvalue weighted by atomic mass is 16.4. The fourth-order valence-corrected chi connectivity index (χ4v) is 2.54. The van der Waals surface area contributed by atoms with Gasteiger partial charge in [-0.3, -0.25) is 14.4 Å². The number of rotatable bonds is 15. The van der Waals surface area contributed by atoms with Gasteiger partial charge in [0.1, 0.15) is 6.54 Å². The van der Waals surface area contributed by atoms with E-state index < -0.39 is 24.4 Å². The highest BCUT2D eigenvalue weighted by molar-refractivity contribution is 5.83. The predicted molar refractivity (Wildman–Crippen MR) is 88.2 cm³/mol. The minimum atomic E-state index is -1.09. The van der Waals surface area contributed by atoms with Gasteiger partial charge in [-0.1, -0.05) is 58.3 Å². The van der Waals surface area contributed by atoms with Gasteiger partial charge in [-0.15, -0.1) is 0 Å². The zero-order valence-corrected chi connectivity index (χ0v) is 14.2. The Morgan fingerprint density at radius 2 is 1.39 bits per heavy atom. The highest BCUT2D eigenvalue weighted by Gasteiger charge is 2.19. The summed E-state index contributed by atoms with van der Waals surface area (Å²) in [6.45, 7) is 1.77. The molecule has 1 atom stereocenters. The minimum Gasteiger partial charge on any atom is -0.481 e. The average molecular weight is 329 g/mol. The second kappa shape index (κ2) is 14.0. The van der Waals surface area contributed by atoms with Crippen LogP contribution in [0.2, 0.25) is 0 Å². The molecule has 6 heteroatoms. The third-order valence-electron chi connectivity index (χ3n) is 3.90. The topological polar surface area (TPSA) is 104 Å². The Labute approximate surface area is 138 Å². The molecule has 6 nitrogen and oxygen atoms in total. The molecule has 0 rings (SSSR count). The molecular weight excluding hydrogens is 298 g/mol. The van der Waals surface area contributed by atoms with Gasteiger partial charge < -0.3 is 15.5 Å². The largest absolute Gasteiger partial charge is 0.481 e. The molecule has 0 aromatic heterocycles. The number of hydrogen-bond donors (Lipinski definition) is 3. The van der Waals surface area contributed by atoms with Gasteiger partial charge in [0.2, 0.25) is 5.91 Å². The lowest BCUT2D eigenvalue weighted by molar-refractivity contribution is -0.140. The summed E-state index contributed by atoms with van der Waals surface area (Å²) in [5.41, 5.74) is 0. The maximum atomic E-state index is 11.9. The van der Waals surface area contributed by atoms with Crippen LogP contribution in [0.15, 0.2) is 0 Å². The third-order valence-corrected chi connectivity index (χ3v) is 3.90. The quantitative estimate of drug-likeness (QED) is 0.400. The summed E-state index contributed by atoms with van der Waals surface area (Å²) < 4.78 is 0. The van der Waals surface area contributed by atoms with Crippen LogP contribution in [0, 0.1) is 5.92 Å². The van der Waals surface area contributed by atoms with Crippen LogP contribution >= 0.6 is 0 Å². The normalized spacial score (nSPS) is 11.9. The van der Waals surface area contributed by atoms with Crippen LogP contribution in [0.4, 0.5) is 0 Å². The van der Waals surface area contributed by atoms with Crippen molar-refractivity contribution in [2.45, 2.75) is 77.6 Å². The fourth-order valence-electron chi connectivity index (χ4n) is 2.54. The van der Waals surface area contributed by atoms with E-state index in [9.17, 15) is 14.4 Å². The Kier molecular flexibility index (Phi) is 13.1. The van der Waals surface area contributed by atoms with Gasteiger partial charge in [0, 0.05) is 12.3 Å². The molecule has 0 saturated heterocycles. The summed E-state index contributed by atoms with van der Waals surface area (Å²) in [6.07, 6.45) is 10.1. The smallest absolute Gasteiger partial charge is 0.322 e. The van der Waals surface area contributed by atoms with E-state index in [0.29, 0.717) is 6.42 Å². The summed E-state index contributed by atoms with van der Waals surface area (Å²) in [4.78, 5) is 33.1. The number of carboxylic acids is 2. The van der Waals surface area contributed by atoms with Crippen molar-refractivity contribution in [3.63, 3.8) is 0 Å².